The fourth-order valence-electron chi connectivity index (χ4n) is 3.71. The molecule has 0 radical (unpaired) electrons. The van der Waals surface area contributed by atoms with Gasteiger partial charge in [-0.05, 0) is 36.2 Å². The largest absolute Gasteiger partial charge is 0.497 e. The molecule has 192 valence electrons. The molecule has 3 rings (SSSR count). The molecule has 0 spiro atoms. The second kappa shape index (κ2) is 12.0. The van der Waals surface area contributed by atoms with Crippen LogP contribution in [0.4, 0.5) is 9.18 Å². The standard InChI is InChI=1S/C25H28FN3O7/c1-3-12-36-20-9-8-18(26)21-22(20)29(11-10-27-24(32)19(14-30)28-25(33)34)13-17(23(21)31)15-4-6-16(35-2)7-5-15/h4-9,13,19,28,30H,3,10-12,14H2,1-2H3,(H,27,32)(H,33,34)/t19-/m0/s1. The molecule has 2 aromatic carbocycles. The Hall–Kier alpha value is -4.12. The summed E-state index contributed by atoms with van der Waals surface area (Å²) < 4.78 is 27.6. The van der Waals surface area contributed by atoms with Gasteiger partial charge in [0.05, 0.1) is 31.2 Å². The molecule has 0 unspecified atom stereocenters. The third-order valence-corrected chi connectivity index (χ3v) is 5.45. The number of carbonyl (C=O) groups excluding carboxylic acids is 1. The Balaban J connectivity index is 2.05. The number of aliphatic hydroxyl groups excluding tert-OH is 1. The molecule has 1 atom stereocenters. The van der Waals surface area contributed by atoms with E-state index >= 15 is 4.39 Å². The Morgan fingerprint density at radius 2 is 1.89 bits per heavy atom. The van der Waals surface area contributed by atoms with Crippen LogP contribution in [0.15, 0.2) is 47.4 Å². The first-order chi connectivity index (χ1) is 17.3. The monoisotopic (exact) mass is 501 g/mol. The molecule has 0 fully saturated rings. The number of amides is 2. The lowest BCUT2D eigenvalue weighted by atomic mass is 10.0. The predicted molar refractivity (Wildman–Crippen MR) is 131 cm³/mol. The van der Waals surface area contributed by atoms with Crippen LogP contribution in [0.5, 0.6) is 11.5 Å². The highest BCUT2D eigenvalue weighted by molar-refractivity contribution is 5.89. The van der Waals surface area contributed by atoms with Gasteiger partial charge in [-0.25, -0.2) is 9.18 Å². The minimum atomic E-state index is -1.45. The Morgan fingerprint density at radius 3 is 2.50 bits per heavy atom. The lowest BCUT2D eigenvalue weighted by Crippen LogP contribution is -2.49. The minimum Gasteiger partial charge on any atom is -0.497 e. The highest BCUT2D eigenvalue weighted by atomic mass is 19.1. The van der Waals surface area contributed by atoms with Crippen molar-refractivity contribution in [3.05, 3.63) is 58.6 Å². The molecule has 0 saturated heterocycles. The van der Waals surface area contributed by atoms with Crippen LogP contribution in [0.25, 0.3) is 22.0 Å². The van der Waals surface area contributed by atoms with Gasteiger partial charge in [0, 0.05) is 24.8 Å². The van der Waals surface area contributed by atoms with Gasteiger partial charge in [-0.15, -0.1) is 0 Å². The summed E-state index contributed by atoms with van der Waals surface area (Å²) >= 11 is 0. The van der Waals surface area contributed by atoms with Gasteiger partial charge >= 0.3 is 6.09 Å². The van der Waals surface area contributed by atoms with E-state index < -0.39 is 35.9 Å². The molecule has 2 amide bonds. The summed E-state index contributed by atoms with van der Waals surface area (Å²) in [4.78, 5) is 36.5. The van der Waals surface area contributed by atoms with E-state index in [-0.39, 0.29) is 29.6 Å². The first kappa shape index (κ1) is 26.5. The number of hydrogen-bond acceptors (Lipinski definition) is 6. The summed E-state index contributed by atoms with van der Waals surface area (Å²) in [6.45, 7) is 1.65. The van der Waals surface area contributed by atoms with Gasteiger partial charge in [0.15, 0.2) is 5.43 Å². The molecule has 10 nitrogen and oxygen atoms in total. The molecule has 0 bridgehead atoms. The maximum Gasteiger partial charge on any atom is 0.405 e. The number of rotatable bonds is 11. The molecule has 36 heavy (non-hydrogen) atoms. The number of fused-ring (bicyclic) bond motifs is 1. The third kappa shape index (κ3) is 5.92. The fourth-order valence-corrected chi connectivity index (χ4v) is 3.71. The average molecular weight is 502 g/mol. The fraction of sp³-hybridized carbons (Fsp3) is 0.320. The molecule has 0 aliphatic rings. The highest BCUT2D eigenvalue weighted by Gasteiger charge is 2.21. The van der Waals surface area contributed by atoms with Crippen molar-refractivity contribution < 1.29 is 33.7 Å². The van der Waals surface area contributed by atoms with E-state index in [4.69, 9.17) is 14.6 Å². The number of carbonyl (C=O) groups is 2. The van der Waals surface area contributed by atoms with Crippen LogP contribution < -0.4 is 25.5 Å². The van der Waals surface area contributed by atoms with Crippen LogP contribution in [0.1, 0.15) is 13.3 Å². The Bertz CT molecular complexity index is 1290. The van der Waals surface area contributed by atoms with Crippen LogP contribution in [0, 0.1) is 5.82 Å². The summed E-state index contributed by atoms with van der Waals surface area (Å²) in [6.07, 6.45) is 0.811. The van der Waals surface area contributed by atoms with E-state index in [2.05, 4.69) is 5.32 Å². The van der Waals surface area contributed by atoms with Crippen molar-refractivity contribution in [1.29, 1.82) is 0 Å². The maximum absolute atomic E-state index is 15.0. The number of pyridine rings is 1. The summed E-state index contributed by atoms with van der Waals surface area (Å²) in [5, 5.41) is 22.4. The quantitative estimate of drug-likeness (QED) is 0.316. The molecule has 0 aliphatic carbocycles. The Labute approximate surface area is 206 Å². The number of methoxy groups -OCH3 is 1. The van der Waals surface area contributed by atoms with Gasteiger partial charge < -0.3 is 34.9 Å². The summed E-state index contributed by atoms with van der Waals surface area (Å²) in [7, 11) is 1.52. The smallest absolute Gasteiger partial charge is 0.405 e. The van der Waals surface area contributed by atoms with Gasteiger partial charge in [0.2, 0.25) is 5.91 Å². The molecular formula is C25H28FN3O7. The number of nitrogens with zero attached hydrogens (tertiary/aromatic N) is 1. The zero-order chi connectivity index (χ0) is 26.2. The molecule has 0 saturated carbocycles. The summed E-state index contributed by atoms with van der Waals surface area (Å²) in [5.74, 6) is -0.525. The van der Waals surface area contributed by atoms with Gasteiger partial charge in [-0.3, -0.25) is 9.59 Å². The second-order valence-electron chi connectivity index (χ2n) is 7.89. The lowest BCUT2D eigenvalue weighted by Gasteiger charge is -2.19. The number of nitrogens with one attached hydrogen (secondary N) is 2. The number of halogens is 1. The Kier molecular flexibility index (Phi) is 8.85. The highest BCUT2D eigenvalue weighted by Crippen LogP contribution is 2.29. The summed E-state index contributed by atoms with van der Waals surface area (Å²) in [6, 6.07) is 8.04. The predicted octanol–water partition coefficient (Wildman–Crippen LogP) is 2.35. The van der Waals surface area contributed by atoms with E-state index in [0.29, 0.717) is 30.1 Å². The third-order valence-electron chi connectivity index (χ3n) is 5.45. The molecule has 1 aromatic heterocycles. The second-order valence-corrected chi connectivity index (χ2v) is 7.89. The van der Waals surface area contributed by atoms with E-state index in [1.54, 1.807) is 35.0 Å². The van der Waals surface area contributed by atoms with Crippen molar-refractivity contribution in [2.75, 3.05) is 26.9 Å². The van der Waals surface area contributed by atoms with Crippen LogP contribution in [-0.4, -0.2) is 59.7 Å². The van der Waals surface area contributed by atoms with Crippen molar-refractivity contribution in [3.63, 3.8) is 0 Å². The summed E-state index contributed by atoms with van der Waals surface area (Å²) in [5.41, 5.74) is 0.512. The van der Waals surface area contributed by atoms with Gasteiger partial charge in [-0.2, -0.15) is 0 Å². The van der Waals surface area contributed by atoms with Crippen LogP contribution in [0.2, 0.25) is 0 Å². The van der Waals surface area contributed by atoms with Crippen molar-refractivity contribution in [1.82, 2.24) is 15.2 Å². The molecule has 0 aliphatic heterocycles. The molecule has 1 heterocycles. The van der Waals surface area contributed by atoms with E-state index in [1.807, 2.05) is 12.2 Å². The van der Waals surface area contributed by atoms with Crippen LogP contribution >= 0.6 is 0 Å². The van der Waals surface area contributed by atoms with E-state index in [9.17, 15) is 19.5 Å². The van der Waals surface area contributed by atoms with Crippen molar-refractivity contribution in [3.8, 4) is 22.6 Å². The molecule has 3 aromatic rings. The molecular weight excluding hydrogens is 473 g/mol. The van der Waals surface area contributed by atoms with Gasteiger partial charge in [0.25, 0.3) is 0 Å². The van der Waals surface area contributed by atoms with Gasteiger partial charge in [0.1, 0.15) is 23.4 Å². The van der Waals surface area contributed by atoms with E-state index in [0.717, 1.165) is 0 Å². The van der Waals surface area contributed by atoms with E-state index in [1.165, 1.54) is 19.2 Å². The van der Waals surface area contributed by atoms with Crippen molar-refractivity contribution in [2.24, 2.45) is 0 Å². The first-order valence-corrected chi connectivity index (χ1v) is 11.3. The zero-order valence-electron chi connectivity index (χ0n) is 19.9. The first-order valence-electron chi connectivity index (χ1n) is 11.3. The van der Waals surface area contributed by atoms with Crippen LogP contribution in [-0.2, 0) is 11.3 Å². The molecule has 4 N–H and O–H groups in total. The maximum atomic E-state index is 15.0. The number of benzene rings is 2. The number of ether oxygens (including phenoxy) is 2. The topological polar surface area (TPSA) is 139 Å². The van der Waals surface area contributed by atoms with Gasteiger partial charge in [-0.1, -0.05) is 19.1 Å². The average Bonchev–Trinajstić information content (AvgIpc) is 2.87. The van der Waals surface area contributed by atoms with Crippen molar-refractivity contribution >= 4 is 22.9 Å². The SMILES string of the molecule is CCCOc1ccc(F)c2c(=O)c(-c3ccc(OC)cc3)cn(CCNC(=O)[C@H](CO)NC(=O)O)c12. The number of aliphatic hydroxyl groups is 1. The zero-order valence-corrected chi connectivity index (χ0v) is 19.9. The number of carboxylic acid groups (broad SMARTS) is 1. The number of hydrogen-bond donors (Lipinski definition) is 4. The molecule has 11 heteroatoms. The lowest BCUT2D eigenvalue weighted by molar-refractivity contribution is -0.123. The van der Waals surface area contributed by atoms with Crippen molar-refractivity contribution in [2.45, 2.75) is 25.9 Å². The normalized spacial score (nSPS) is 11.7. The Morgan fingerprint density at radius 1 is 1.17 bits per heavy atom. The number of aromatic nitrogens is 1. The van der Waals surface area contributed by atoms with Crippen LogP contribution in [0.3, 0.4) is 0 Å². The minimum absolute atomic E-state index is 0.000383.